The Morgan fingerprint density at radius 1 is 1.18 bits per heavy atom. The van der Waals surface area contributed by atoms with Crippen molar-refractivity contribution in [3.05, 3.63) is 29.4 Å². The molecule has 8 heteroatoms. The summed E-state index contributed by atoms with van der Waals surface area (Å²) in [5.41, 5.74) is 1.44. The van der Waals surface area contributed by atoms with Crippen LogP contribution in [0.3, 0.4) is 0 Å². The van der Waals surface area contributed by atoms with Gasteiger partial charge in [0.15, 0.2) is 0 Å². The molecule has 2 aliphatic rings. The monoisotopic (exact) mass is 401 g/mol. The van der Waals surface area contributed by atoms with Crippen LogP contribution in [-0.4, -0.2) is 73.3 Å². The van der Waals surface area contributed by atoms with Gasteiger partial charge >= 0.3 is 0 Å². The quantitative estimate of drug-likeness (QED) is 0.718. The van der Waals surface area contributed by atoms with E-state index in [1.807, 2.05) is 23.7 Å². The van der Waals surface area contributed by atoms with Crippen LogP contribution in [0.25, 0.3) is 10.6 Å². The van der Waals surface area contributed by atoms with Crippen molar-refractivity contribution >= 4 is 23.1 Å². The second-order valence-electron chi connectivity index (χ2n) is 7.20. The molecule has 2 saturated heterocycles. The summed E-state index contributed by atoms with van der Waals surface area (Å²) in [6, 6.07) is 4.09. The van der Waals surface area contributed by atoms with Crippen molar-refractivity contribution in [1.82, 2.24) is 20.2 Å². The molecule has 0 radical (unpaired) electrons. The van der Waals surface area contributed by atoms with E-state index in [0.29, 0.717) is 12.2 Å². The molecule has 0 unspecified atom stereocenters. The zero-order valence-corrected chi connectivity index (χ0v) is 16.9. The van der Waals surface area contributed by atoms with Crippen molar-refractivity contribution in [3.63, 3.8) is 0 Å². The van der Waals surface area contributed by atoms with Crippen LogP contribution in [-0.2, 0) is 4.74 Å². The van der Waals surface area contributed by atoms with Crippen LogP contribution in [0.5, 0.6) is 0 Å². The average molecular weight is 402 g/mol. The predicted molar refractivity (Wildman–Crippen MR) is 111 cm³/mol. The fraction of sp³-hybridized carbons (Fsp3) is 0.550. The van der Waals surface area contributed by atoms with Crippen molar-refractivity contribution in [1.29, 1.82) is 0 Å². The summed E-state index contributed by atoms with van der Waals surface area (Å²) in [6.07, 6.45) is 5.27. The number of anilines is 1. The molecule has 0 saturated carbocycles. The molecule has 28 heavy (non-hydrogen) atoms. The van der Waals surface area contributed by atoms with Crippen LogP contribution in [0.15, 0.2) is 23.7 Å². The third kappa shape index (κ3) is 4.87. The second kappa shape index (κ2) is 9.45. The molecule has 0 bridgehead atoms. The first-order valence-electron chi connectivity index (χ1n) is 10.0. The van der Waals surface area contributed by atoms with Gasteiger partial charge < -0.3 is 15.0 Å². The lowest BCUT2D eigenvalue weighted by Crippen LogP contribution is -2.38. The Bertz CT molecular complexity index is 767. The van der Waals surface area contributed by atoms with Crippen molar-refractivity contribution in [2.75, 3.05) is 57.4 Å². The van der Waals surface area contributed by atoms with Gasteiger partial charge in [-0.3, -0.25) is 9.69 Å². The van der Waals surface area contributed by atoms with Gasteiger partial charge in [0, 0.05) is 49.9 Å². The Kier molecular flexibility index (Phi) is 6.51. The van der Waals surface area contributed by atoms with Gasteiger partial charge in [-0.2, -0.15) is 0 Å². The first-order chi connectivity index (χ1) is 13.8. The Balaban J connectivity index is 1.26. The van der Waals surface area contributed by atoms with E-state index in [2.05, 4.69) is 25.1 Å². The maximum atomic E-state index is 12.3. The predicted octanol–water partition coefficient (Wildman–Crippen LogP) is 2.26. The first-order valence-corrected chi connectivity index (χ1v) is 10.9. The van der Waals surface area contributed by atoms with Gasteiger partial charge in [0.2, 0.25) is 0 Å². The molecule has 0 spiro atoms. The van der Waals surface area contributed by atoms with Crippen molar-refractivity contribution in [2.24, 2.45) is 0 Å². The Labute approximate surface area is 169 Å². The highest BCUT2D eigenvalue weighted by molar-refractivity contribution is 7.13. The SMILES string of the molecule is O=C(NCCCN1CCOCC1)c1csc(-c2ccc(N3CCCC3)nc2)n1. The van der Waals surface area contributed by atoms with Gasteiger partial charge in [-0.15, -0.1) is 11.3 Å². The number of nitrogens with one attached hydrogen (secondary N) is 1. The lowest BCUT2D eigenvalue weighted by Gasteiger charge is -2.26. The third-order valence-electron chi connectivity index (χ3n) is 5.20. The number of ether oxygens (including phenoxy) is 1. The topological polar surface area (TPSA) is 70.6 Å². The highest BCUT2D eigenvalue weighted by Crippen LogP contribution is 2.25. The summed E-state index contributed by atoms with van der Waals surface area (Å²) in [6.45, 7) is 7.39. The zero-order chi connectivity index (χ0) is 19.2. The van der Waals surface area contributed by atoms with Crippen molar-refractivity contribution < 1.29 is 9.53 Å². The molecule has 4 heterocycles. The molecule has 0 atom stereocenters. The van der Waals surface area contributed by atoms with E-state index in [1.54, 1.807) is 0 Å². The van der Waals surface area contributed by atoms with Gasteiger partial charge in [0.25, 0.3) is 5.91 Å². The zero-order valence-electron chi connectivity index (χ0n) is 16.1. The highest BCUT2D eigenvalue weighted by Gasteiger charge is 2.15. The molecule has 2 fully saturated rings. The normalized spacial score (nSPS) is 17.8. The number of aromatic nitrogens is 2. The van der Waals surface area contributed by atoms with Crippen LogP contribution >= 0.6 is 11.3 Å². The minimum absolute atomic E-state index is 0.105. The molecule has 4 rings (SSSR count). The first kappa shape index (κ1) is 19.3. The largest absolute Gasteiger partial charge is 0.379 e. The van der Waals surface area contributed by atoms with E-state index < -0.39 is 0 Å². The number of rotatable bonds is 7. The average Bonchev–Trinajstić information content (AvgIpc) is 3.44. The fourth-order valence-corrected chi connectivity index (χ4v) is 4.37. The number of carbonyl (C=O) groups excluding carboxylic acids is 1. The van der Waals surface area contributed by atoms with Gasteiger partial charge in [0.05, 0.1) is 13.2 Å². The molecule has 150 valence electrons. The van der Waals surface area contributed by atoms with Crippen molar-refractivity contribution in [2.45, 2.75) is 19.3 Å². The van der Waals surface area contributed by atoms with E-state index in [-0.39, 0.29) is 5.91 Å². The van der Waals surface area contributed by atoms with Gasteiger partial charge in [-0.05, 0) is 37.9 Å². The van der Waals surface area contributed by atoms with Crippen LogP contribution in [0.2, 0.25) is 0 Å². The summed E-state index contributed by atoms with van der Waals surface area (Å²) >= 11 is 1.48. The molecule has 1 amide bonds. The third-order valence-corrected chi connectivity index (χ3v) is 6.09. The standard InChI is InChI=1S/C20H27N5O2S/c26-19(21-6-3-7-24-10-12-27-13-11-24)17-15-28-20(23-17)16-4-5-18(22-14-16)25-8-1-2-9-25/h4-5,14-15H,1-3,6-13H2,(H,21,26). The van der Waals surface area contributed by atoms with E-state index >= 15 is 0 Å². The van der Waals surface area contributed by atoms with Crippen LogP contribution in [0.4, 0.5) is 5.82 Å². The lowest BCUT2D eigenvalue weighted by atomic mass is 10.3. The minimum Gasteiger partial charge on any atom is -0.379 e. The van der Waals surface area contributed by atoms with E-state index in [1.165, 1.54) is 24.2 Å². The lowest BCUT2D eigenvalue weighted by molar-refractivity contribution is 0.0374. The fourth-order valence-electron chi connectivity index (χ4n) is 3.58. The molecular weight excluding hydrogens is 374 g/mol. The van der Waals surface area contributed by atoms with Crippen molar-refractivity contribution in [3.8, 4) is 10.6 Å². The summed E-state index contributed by atoms with van der Waals surface area (Å²) < 4.78 is 5.35. The Morgan fingerprint density at radius 2 is 2.00 bits per heavy atom. The number of hydrogen-bond donors (Lipinski definition) is 1. The summed E-state index contributed by atoms with van der Waals surface area (Å²) in [4.78, 5) is 26.1. The van der Waals surface area contributed by atoms with Crippen LogP contribution < -0.4 is 10.2 Å². The number of hydrogen-bond acceptors (Lipinski definition) is 7. The number of amides is 1. The summed E-state index contributed by atoms with van der Waals surface area (Å²) in [5, 5.41) is 5.63. The maximum absolute atomic E-state index is 12.3. The second-order valence-corrected chi connectivity index (χ2v) is 8.06. The smallest absolute Gasteiger partial charge is 0.270 e. The summed E-state index contributed by atoms with van der Waals surface area (Å²) in [7, 11) is 0. The molecule has 2 aromatic heterocycles. The minimum atomic E-state index is -0.105. The van der Waals surface area contributed by atoms with Gasteiger partial charge in [0.1, 0.15) is 16.5 Å². The maximum Gasteiger partial charge on any atom is 0.270 e. The number of carbonyl (C=O) groups is 1. The van der Waals surface area contributed by atoms with E-state index in [4.69, 9.17) is 4.74 Å². The molecule has 7 nitrogen and oxygen atoms in total. The van der Waals surface area contributed by atoms with E-state index in [0.717, 1.165) is 68.7 Å². The molecule has 0 aromatic carbocycles. The number of morpholine rings is 1. The molecular formula is C20H27N5O2S. The molecule has 0 aliphatic carbocycles. The Hall–Kier alpha value is -2.03. The van der Waals surface area contributed by atoms with Crippen LogP contribution in [0.1, 0.15) is 29.8 Å². The molecule has 2 aromatic rings. The Morgan fingerprint density at radius 3 is 2.75 bits per heavy atom. The van der Waals surface area contributed by atoms with Crippen LogP contribution in [0, 0.1) is 0 Å². The number of nitrogens with zero attached hydrogens (tertiary/aromatic N) is 4. The molecule has 2 aliphatic heterocycles. The number of pyridine rings is 1. The van der Waals surface area contributed by atoms with Gasteiger partial charge in [-0.1, -0.05) is 0 Å². The number of thiazole rings is 1. The summed E-state index contributed by atoms with van der Waals surface area (Å²) in [5.74, 6) is 0.919. The van der Waals surface area contributed by atoms with Gasteiger partial charge in [-0.25, -0.2) is 9.97 Å². The van der Waals surface area contributed by atoms with E-state index in [9.17, 15) is 4.79 Å². The molecule has 1 N–H and O–H groups in total. The highest BCUT2D eigenvalue weighted by atomic mass is 32.1.